The highest BCUT2D eigenvalue weighted by Gasteiger charge is 2.22. The zero-order chi connectivity index (χ0) is 13.9. The summed E-state index contributed by atoms with van der Waals surface area (Å²) < 4.78 is 6.01. The molecule has 2 aromatic rings. The molecule has 1 heterocycles. The van der Waals surface area contributed by atoms with Gasteiger partial charge >= 0.3 is 0 Å². The summed E-state index contributed by atoms with van der Waals surface area (Å²) in [5.74, 6) is 1.08. The first-order valence-corrected chi connectivity index (χ1v) is 7.63. The van der Waals surface area contributed by atoms with E-state index >= 15 is 0 Å². The first kappa shape index (κ1) is 13.7. The lowest BCUT2D eigenvalue weighted by Gasteiger charge is -2.24. The van der Waals surface area contributed by atoms with Crippen LogP contribution in [0.5, 0.6) is 0 Å². The van der Waals surface area contributed by atoms with Gasteiger partial charge in [-0.25, -0.2) is 0 Å². The molecule has 20 heavy (non-hydrogen) atoms. The van der Waals surface area contributed by atoms with Gasteiger partial charge in [-0.2, -0.15) is 0 Å². The highest BCUT2D eigenvalue weighted by molar-refractivity contribution is 5.82. The van der Waals surface area contributed by atoms with Crippen LogP contribution in [0.3, 0.4) is 0 Å². The molecule has 0 aliphatic heterocycles. The highest BCUT2D eigenvalue weighted by Crippen LogP contribution is 2.29. The van der Waals surface area contributed by atoms with Crippen LogP contribution < -0.4 is 5.32 Å². The van der Waals surface area contributed by atoms with Gasteiger partial charge in [0.15, 0.2) is 0 Å². The second-order valence-electron chi connectivity index (χ2n) is 5.88. The fraction of sp³-hybridized carbons (Fsp3) is 0.529. The number of rotatable bonds is 5. The Hall–Kier alpha value is -1.32. The summed E-state index contributed by atoms with van der Waals surface area (Å²) in [6, 6.07) is 9.12. The van der Waals surface area contributed by atoms with Gasteiger partial charge in [0.1, 0.15) is 11.3 Å². The molecule has 0 unspecified atom stereocenters. The third kappa shape index (κ3) is 2.60. The minimum atomic E-state index is 0.742. The first-order valence-electron chi connectivity index (χ1n) is 7.63. The summed E-state index contributed by atoms with van der Waals surface area (Å²) in [5.41, 5.74) is 2.36. The van der Waals surface area contributed by atoms with Crippen LogP contribution in [-0.4, -0.2) is 25.0 Å². The van der Waals surface area contributed by atoms with Gasteiger partial charge in [0, 0.05) is 23.5 Å². The van der Waals surface area contributed by atoms with Crippen LogP contribution in [-0.2, 0) is 13.1 Å². The van der Waals surface area contributed by atoms with Crippen molar-refractivity contribution in [2.45, 2.75) is 44.8 Å². The lowest BCUT2D eigenvalue weighted by atomic mass is 10.1. The lowest BCUT2D eigenvalue weighted by molar-refractivity contribution is 0.236. The Balaban J connectivity index is 1.89. The Labute approximate surface area is 120 Å². The molecule has 0 spiro atoms. The quantitative estimate of drug-likeness (QED) is 0.902. The van der Waals surface area contributed by atoms with E-state index in [2.05, 4.69) is 35.5 Å². The van der Waals surface area contributed by atoms with E-state index in [1.807, 2.05) is 13.1 Å². The summed E-state index contributed by atoms with van der Waals surface area (Å²) >= 11 is 0. The van der Waals surface area contributed by atoms with E-state index < -0.39 is 0 Å². The van der Waals surface area contributed by atoms with Crippen molar-refractivity contribution in [3.63, 3.8) is 0 Å². The highest BCUT2D eigenvalue weighted by atomic mass is 16.3. The molecule has 1 aromatic heterocycles. The average molecular weight is 272 g/mol. The van der Waals surface area contributed by atoms with E-state index in [0.29, 0.717) is 0 Å². The summed E-state index contributed by atoms with van der Waals surface area (Å²) in [6.07, 6.45) is 5.44. The van der Waals surface area contributed by atoms with Crippen molar-refractivity contribution in [1.82, 2.24) is 10.2 Å². The number of nitrogens with zero attached hydrogens (tertiary/aromatic N) is 1. The molecule has 3 nitrogen and oxygen atoms in total. The van der Waals surface area contributed by atoms with Gasteiger partial charge < -0.3 is 9.73 Å². The second-order valence-corrected chi connectivity index (χ2v) is 5.88. The predicted molar refractivity (Wildman–Crippen MR) is 82.7 cm³/mol. The third-order valence-corrected chi connectivity index (χ3v) is 4.47. The Kier molecular flexibility index (Phi) is 4.08. The number of hydrogen-bond donors (Lipinski definition) is 1. The molecule has 1 aliphatic carbocycles. The van der Waals surface area contributed by atoms with Crippen LogP contribution in [0.4, 0.5) is 0 Å². The van der Waals surface area contributed by atoms with Crippen molar-refractivity contribution >= 4 is 11.0 Å². The third-order valence-electron chi connectivity index (χ3n) is 4.47. The summed E-state index contributed by atoms with van der Waals surface area (Å²) in [6.45, 7) is 1.78. The maximum absolute atomic E-state index is 6.01. The van der Waals surface area contributed by atoms with Gasteiger partial charge in [-0.05, 0) is 33.0 Å². The summed E-state index contributed by atoms with van der Waals surface area (Å²) in [4.78, 5) is 2.50. The number of fused-ring (bicyclic) bond motifs is 1. The predicted octanol–water partition coefficient (Wildman–Crippen LogP) is 3.53. The average Bonchev–Trinajstić information content (AvgIpc) is 3.08. The SMILES string of the molecule is CNCc1oc2ccccc2c1CN(C)C1CCCC1. The number of benzene rings is 1. The molecule has 1 fully saturated rings. The zero-order valence-corrected chi connectivity index (χ0v) is 12.5. The molecule has 0 bridgehead atoms. The van der Waals surface area contributed by atoms with Crippen molar-refractivity contribution in [1.29, 1.82) is 0 Å². The van der Waals surface area contributed by atoms with E-state index in [1.165, 1.54) is 36.6 Å². The Morgan fingerprint density at radius 3 is 2.75 bits per heavy atom. The number of furan rings is 1. The smallest absolute Gasteiger partial charge is 0.134 e. The molecule has 0 saturated heterocycles. The van der Waals surface area contributed by atoms with Crippen LogP contribution in [0, 0.1) is 0 Å². The van der Waals surface area contributed by atoms with E-state index in [-0.39, 0.29) is 0 Å². The monoisotopic (exact) mass is 272 g/mol. The molecule has 0 amide bonds. The first-order chi connectivity index (χ1) is 9.79. The molecule has 0 radical (unpaired) electrons. The normalized spacial score (nSPS) is 16.6. The number of para-hydroxylation sites is 1. The van der Waals surface area contributed by atoms with Gasteiger partial charge in [0.2, 0.25) is 0 Å². The van der Waals surface area contributed by atoms with Gasteiger partial charge in [0.05, 0.1) is 6.54 Å². The van der Waals surface area contributed by atoms with Crippen molar-refractivity contribution in [2.75, 3.05) is 14.1 Å². The van der Waals surface area contributed by atoms with E-state index in [4.69, 9.17) is 4.42 Å². The van der Waals surface area contributed by atoms with E-state index in [9.17, 15) is 0 Å². The lowest BCUT2D eigenvalue weighted by Crippen LogP contribution is -2.29. The Bertz CT molecular complexity index is 569. The molecule has 0 atom stereocenters. The summed E-state index contributed by atoms with van der Waals surface area (Å²) in [7, 11) is 4.22. The molecule has 1 aromatic carbocycles. The number of hydrogen-bond acceptors (Lipinski definition) is 3. The van der Waals surface area contributed by atoms with Gasteiger partial charge in [-0.1, -0.05) is 31.0 Å². The van der Waals surface area contributed by atoms with Gasteiger partial charge in [-0.3, -0.25) is 4.90 Å². The Morgan fingerprint density at radius 2 is 2.00 bits per heavy atom. The molecule has 108 valence electrons. The molecule has 1 saturated carbocycles. The number of nitrogens with one attached hydrogen (secondary N) is 1. The van der Waals surface area contributed by atoms with Crippen LogP contribution in [0.1, 0.15) is 37.0 Å². The molecule has 1 aliphatic rings. The minimum absolute atomic E-state index is 0.742. The largest absolute Gasteiger partial charge is 0.459 e. The van der Waals surface area contributed by atoms with E-state index in [0.717, 1.165) is 30.5 Å². The van der Waals surface area contributed by atoms with Gasteiger partial charge in [0.25, 0.3) is 0 Å². The zero-order valence-electron chi connectivity index (χ0n) is 12.5. The molecule has 3 rings (SSSR count). The van der Waals surface area contributed by atoms with Crippen molar-refractivity contribution in [3.05, 3.63) is 35.6 Å². The van der Waals surface area contributed by atoms with E-state index in [1.54, 1.807) is 0 Å². The van der Waals surface area contributed by atoms with Crippen LogP contribution >= 0.6 is 0 Å². The van der Waals surface area contributed by atoms with Crippen LogP contribution in [0.25, 0.3) is 11.0 Å². The van der Waals surface area contributed by atoms with Gasteiger partial charge in [-0.15, -0.1) is 0 Å². The Morgan fingerprint density at radius 1 is 1.25 bits per heavy atom. The molecular weight excluding hydrogens is 248 g/mol. The molecule has 1 N–H and O–H groups in total. The maximum Gasteiger partial charge on any atom is 0.134 e. The van der Waals surface area contributed by atoms with Crippen molar-refractivity contribution < 1.29 is 4.42 Å². The molecular formula is C17H24N2O. The second kappa shape index (κ2) is 5.98. The topological polar surface area (TPSA) is 28.4 Å². The fourth-order valence-corrected chi connectivity index (χ4v) is 3.35. The minimum Gasteiger partial charge on any atom is -0.459 e. The van der Waals surface area contributed by atoms with Crippen LogP contribution in [0.15, 0.2) is 28.7 Å². The fourth-order valence-electron chi connectivity index (χ4n) is 3.35. The van der Waals surface area contributed by atoms with Crippen molar-refractivity contribution in [2.24, 2.45) is 0 Å². The van der Waals surface area contributed by atoms with Crippen LogP contribution in [0.2, 0.25) is 0 Å². The standard InChI is InChI=1S/C17H24N2O/c1-18-11-17-15(12-19(2)13-7-3-4-8-13)14-9-5-6-10-16(14)20-17/h5-6,9-10,13,18H,3-4,7-8,11-12H2,1-2H3. The summed E-state index contributed by atoms with van der Waals surface area (Å²) in [5, 5.41) is 4.48. The molecule has 3 heteroatoms. The maximum atomic E-state index is 6.01. The van der Waals surface area contributed by atoms with Crippen molar-refractivity contribution in [3.8, 4) is 0 Å².